The first-order valence-corrected chi connectivity index (χ1v) is 9.39. The normalized spacial score (nSPS) is 11.0. The van der Waals surface area contributed by atoms with Crippen molar-refractivity contribution in [3.63, 3.8) is 0 Å². The van der Waals surface area contributed by atoms with Crippen LogP contribution in [0.15, 0.2) is 66.7 Å². The summed E-state index contributed by atoms with van der Waals surface area (Å²) >= 11 is 12.3. The van der Waals surface area contributed by atoms with Crippen LogP contribution in [0.3, 0.4) is 0 Å². The van der Waals surface area contributed by atoms with Gasteiger partial charge in [0.2, 0.25) is 0 Å². The molecular formula is C20H15Cl2O2P. The Morgan fingerprint density at radius 1 is 0.880 bits per heavy atom. The number of hydrogen-bond acceptors (Lipinski definition) is 2. The number of para-hydroxylation sites is 1. The molecule has 0 N–H and O–H groups in total. The van der Waals surface area contributed by atoms with Crippen LogP contribution in [-0.4, -0.2) is 5.52 Å². The molecule has 0 spiro atoms. The van der Waals surface area contributed by atoms with E-state index in [4.69, 9.17) is 27.9 Å². The van der Waals surface area contributed by atoms with Gasteiger partial charge in [-0.2, -0.15) is 0 Å². The van der Waals surface area contributed by atoms with E-state index in [0.29, 0.717) is 15.6 Å². The van der Waals surface area contributed by atoms with Gasteiger partial charge < -0.3 is 4.74 Å². The molecule has 0 aromatic heterocycles. The van der Waals surface area contributed by atoms with Crippen molar-refractivity contribution in [2.24, 2.45) is 0 Å². The number of rotatable bonds is 5. The summed E-state index contributed by atoms with van der Waals surface area (Å²) in [6.07, 6.45) is 0. The second kappa shape index (κ2) is 8.01. The highest BCUT2D eigenvalue weighted by molar-refractivity contribution is 7.66. The maximum atomic E-state index is 12.6. The van der Waals surface area contributed by atoms with E-state index in [1.807, 2.05) is 55.5 Å². The molecule has 0 bridgehead atoms. The van der Waals surface area contributed by atoms with Crippen LogP contribution in [0.2, 0.25) is 10.0 Å². The summed E-state index contributed by atoms with van der Waals surface area (Å²) in [6.45, 7) is 1.96. The topological polar surface area (TPSA) is 26.3 Å². The largest absolute Gasteiger partial charge is 0.457 e. The van der Waals surface area contributed by atoms with E-state index in [9.17, 15) is 4.79 Å². The van der Waals surface area contributed by atoms with Crippen LogP contribution in [0.5, 0.6) is 11.5 Å². The zero-order valence-corrected chi connectivity index (χ0v) is 15.9. The van der Waals surface area contributed by atoms with Gasteiger partial charge >= 0.3 is 0 Å². The minimum absolute atomic E-state index is 0.0518. The van der Waals surface area contributed by atoms with Crippen molar-refractivity contribution in [1.82, 2.24) is 0 Å². The SMILES string of the molecule is Cc1cc(Oc2ccccc2)ccc1PC(=O)c1c(Cl)cccc1Cl. The molecule has 0 aliphatic heterocycles. The molecule has 1 unspecified atom stereocenters. The number of carbonyl (C=O) groups excluding carboxylic acids is 1. The lowest BCUT2D eigenvalue weighted by atomic mass is 10.2. The van der Waals surface area contributed by atoms with E-state index in [1.54, 1.807) is 18.2 Å². The minimum Gasteiger partial charge on any atom is -0.457 e. The Labute approximate surface area is 158 Å². The molecule has 2 nitrogen and oxygen atoms in total. The molecule has 5 heteroatoms. The van der Waals surface area contributed by atoms with Crippen LogP contribution in [0, 0.1) is 6.92 Å². The second-order valence-electron chi connectivity index (χ2n) is 5.44. The summed E-state index contributed by atoms with van der Waals surface area (Å²) in [5, 5.41) is 1.71. The first-order valence-electron chi connectivity index (χ1n) is 7.63. The van der Waals surface area contributed by atoms with Crippen molar-refractivity contribution >= 4 is 42.6 Å². The summed E-state index contributed by atoms with van der Waals surface area (Å²) < 4.78 is 5.82. The molecule has 126 valence electrons. The Bertz CT molecular complexity index is 891. The van der Waals surface area contributed by atoms with Crippen molar-refractivity contribution in [2.45, 2.75) is 6.92 Å². The number of halogens is 2. The zero-order valence-electron chi connectivity index (χ0n) is 13.4. The Kier molecular flexibility index (Phi) is 5.75. The van der Waals surface area contributed by atoms with Gasteiger partial charge in [-0.3, -0.25) is 4.79 Å². The molecule has 0 radical (unpaired) electrons. The van der Waals surface area contributed by atoms with Gasteiger partial charge in [0.05, 0.1) is 15.6 Å². The van der Waals surface area contributed by atoms with Crippen molar-refractivity contribution in [2.75, 3.05) is 0 Å². The number of carbonyl (C=O) groups is 1. The number of aryl methyl sites for hydroxylation is 1. The molecular weight excluding hydrogens is 374 g/mol. The fraction of sp³-hybridized carbons (Fsp3) is 0.0500. The minimum atomic E-state index is -0.0737. The summed E-state index contributed by atoms with van der Waals surface area (Å²) in [7, 11) is -0.0518. The van der Waals surface area contributed by atoms with E-state index in [0.717, 1.165) is 22.4 Å². The number of benzene rings is 3. The van der Waals surface area contributed by atoms with E-state index in [1.165, 1.54) is 0 Å². The van der Waals surface area contributed by atoms with Crippen LogP contribution in [0.1, 0.15) is 15.9 Å². The van der Waals surface area contributed by atoms with E-state index in [2.05, 4.69) is 0 Å². The first-order chi connectivity index (χ1) is 12.0. The monoisotopic (exact) mass is 388 g/mol. The van der Waals surface area contributed by atoms with E-state index in [-0.39, 0.29) is 14.1 Å². The van der Waals surface area contributed by atoms with E-state index >= 15 is 0 Å². The highest BCUT2D eigenvalue weighted by Crippen LogP contribution is 2.32. The molecule has 0 amide bonds. The Morgan fingerprint density at radius 2 is 1.56 bits per heavy atom. The van der Waals surface area contributed by atoms with Gasteiger partial charge in [-0.25, -0.2) is 0 Å². The standard InChI is InChI=1S/C20H15Cl2O2P/c1-13-12-15(24-14-6-3-2-4-7-14)10-11-18(13)25-20(23)19-16(21)8-5-9-17(19)22/h2-12,25H,1H3. The van der Waals surface area contributed by atoms with Gasteiger partial charge in [0.25, 0.3) is 0 Å². The maximum absolute atomic E-state index is 12.6. The molecule has 3 aromatic rings. The van der Waals surface area contributed by atoms with Crippen LogP contribution in [0.25, 0.3) is 0 Å². The maximum Gasteiger partial charge on any atom is 0.188 e. The molecule has 0 fully saturated rings. The average molecular weight is 389 g/mol. The molecule has 3 rings (SSSR count). The van der Waals surface area contributed by atoms with Crippen LogP contribution in [-0.2, 0) is 0 Å². The summed E-state index contributed by atoms with van der Waals surface area (Å²) in [4.78, 5) is 12.6. The van der Waals surface area contributed by atoms with Gasteiger partial charge in [0.1, 0.15) is 11.5 Å². The van der Waals surface area contributed by atoms with Crippen LogP contribution >= 0.6 is 31.8 Å². The number of hydrogen-bond donors (Lipinski definition) is 0. The molecule has 0 saturated heterocycles. The molecule has 0 aliphatic carbocycles. The Balaban J connectivity index is 1.78. The highest BCUT2D eigenvalue weighted by Gasteiger charge is 2.16. The third-order valence-corrected chi connectivity index (χ3v) is 5.55. The summed E-state index contributed by atoms with van der Waals surface area (Å²) in [5.74, 6) is 1.51. The summed E-state index contributed by atoms with van der Waals surface area (Å²) in [5.41, 5.74) is 1.30. The summed E-state index contributed by atoms with van der Waals surface area (Å²) in [6, 6.07) is 20.4. The van der Waals surface area contributed by atoms with Gasteiger partial charge in [0, 0.05) is 0 Å². The highest BCUT2D eigenvalue weighted by atomic mass is 35.5. The third kappa shape index (κ3) is 4.41. The molecule has 0 saturated carbocycles. The molecule has 25 heavy (non-hydrogen) atoms. The quantitative estimate of drug-likeness (QED) is 0.483. The van der Waals surface area contributed by atoms with Gasteiger partial charge in [-0.1, -0.05) is 53.5 Å². The molecule has 0 heterocycles. The number of ether oxygens (including phenoxy) is 1. The predicted molar refractivity (Wildman–Crippen MR) is 106 cm³/mol. The Morgan fingerprint density at radius 3 is 2.20 bits per heavy atom. The van der Waals surface area contributed by atoms with Gasteiger partial charge in [-0.05, 0) is 62.8 Å². The average Bonchev–Trinajstić information content (AvgIpc) is 2.58. The fourth-order valence-electron chi connectivity index (χ4n) is 2.36. The molecule has 1 atom stereocenters. The van der Waals surface area contributed by atoms with Crippen molar-refractivity contribution in [1.29, 1.82) is 0 Å². The zero-order chi connectivity index (χ0) is 17.8. The lowest BCUT2D eigenvalue weighted by Crippen LogP contribution is -2.06. The van der Waals surface area contributed by atoms with Crippen molar-refractivity contribution in [3.8, 4) is 11.5 Å². The first kappa shape index (κ1) is 17.9. The van der Waals surface area contributed by atoms with Crippen LogP contribution < -0.4 is 10.0 Å². The van der Waals surface area contributed by atoms with Crippen LogP contribution in [0.4, 0.5) is 0 Å². The lowest BCUT2D eigenvalue weighted by molar-refractivity contribution is 0.108. The van der Waals surface area contributed by atoms with Crippen molar-refractivity contribution in [3.05, 3.63) is 87.9 Å². The molecule has 0 aliphatic rings. The van der Waals surface area contributed by atoms with E-state index < -0.39 is 0 Å². The smallest absolute Gasteiger partial charge is 0.188 e. The Hall–Kier alpha value is -1.86. The predicted octanol–water partition coefficient (Wildman–Crippen LogP) is 6.24. The third-order valence-electron chi connectivity index (χ3n) is 3.61. The van der Waals surface area contributed by atoms with Gasteiger partial charge in [-0.15, -0.1) is 0 Å². The molecule has 3 aromatic carbocycles. The van der Waals surface area contributed by atoms with Gasteiger partial charge in [0.15, 0.2) is 5.52 Å². The lowest BCUT2D eigenvalue weighted by Gasteiger charge is -2.11. The second-order valence-corrected chi connectivity index (χ2v) is 7.50. The fourth-order valence-corrected chi connectivity index (χ4v) is 4.17. The van der Waals surface area contributed by atoms with Crippen molar-refractivity contribution < 1.29 is 9.53 Å².